The van der Waals surface area contributed by atoms with Gasteiger partial charge in [-0.15, -0.1) is 0 Å². The second-order valence-electron chi connectivity index (χ2n) is 8.84. The molecule has 4 rings (SSSR count). The van der Waals surface area contributed by atoms with Gasteiger partial charge < -0.3 is 19.9 Å². The molecule has 176 valence electrons. The fourth-order valence-electron chi connectivity index (χ4n) is 3.99. The first-order valence-electron chi connectivity index (χ1n) is 11.3. The predicted molar refractivity (Wildman–Crippen MR) is 130 cm³/mol. The van der Waals surface area contributed by atoms with Crippen LogP contribution in [0.4, 0.5) is 0 Å². The summed E-state index contributed by atoms with van der Waals surface area (Å²) in [7, 11) is 0. The van der Waals surface area contributed by atoms with E-state index in [0.717, 1.165) is 49.5 Å². The Morgan fingerprint density at radius 1 is 1.06 bits per heavy atom. The zero-order valence-corrected chi connectivity index (χ0v) is 19.3. The van der Waals surface area contributed by atoms with Crippen LogP contribution in [0.2, 0.25) is 0 Å². The van der Waals surface area contributed by atoms with Gasteiger partial charge in [-0.2, -0.15) is 0 Å². The fraction of sp³-hybridized carbons (Fsp3) is 0.333. The molecule has 1 aliphatic rings. The molecule has 0 bridgehead atoms. The number of aliphatic hydroxyl groups is 1. The van der Waals surface area contributed by atoms with Gasteiger partial charge in [0.1, 0.15) is 0 Å². The van der Waals surface area contributed by atoms with Crippen molar-refractivity contribution in [3.8, 4) is 17.6 Å². The van der Waals surface area contributed by atoms with Gasteiger partial charge in [-0.1, -0.05) is 43.0 Å². The van der Waals surface area contributed by atoms with Gasteiger partial charge in [-0.05, 0) is 35.4 Å². The summed E-state index contributed by atoms with van der Waals surface area (Å²) in [5.41, 5.74) is 2.90. The van der Waals surface area contributed by atoms with Gasteiger partial charge in [0.05, 0.1) is 31.8 Å². The summed E-state index contributed by atoms with van der Waals surface area (Å²) >= 11 is 0. The minimum Gasteiger partial charge on any atom is -0.502 e. The third kappa shape index (κ3) is 5.72. The van der Waals surface area contributed by atoms with Gasteiger partial charge in [-0.3, -0.25) is 9.69 Å². The Balaban J connectivity index is 1.43. The van der Waals surface area contributed by atoms with Crippen LogP contribution in [0.1, 0.15) is 34.9 Å². The molecule has 34 heavy (non-hydrogen) atoms. The molecule has 0 saturated carbocycles. The van der Waals surface area contributed by atoms with Crippen molar-refractivity contribution < 1.29 is 14.9 Å². The Morgan fingerprint density at radius 2 is 1.68 bits per heavy atom. The maximum Gasteiger partial charge on any atom is 0.293 e. The molecule has 7 heteroatoms. The summed E-state index contributed by atoms with van der Waals surface area (Å²) in [6.45, 7) is 6.16. The van der Waals surface area contributed by atoms with Gasteiger partial charge in [0, 0.05) is 42.6 Å². The first-order valence-corrected chi connectivity index (χ1v) is 11.3. The van der Waals surface area contributed by atoms with Gasteiger partial charge in [0.15, 0.2) is 0 Å². The minimum atomic E-state index is -0.708. The number of aromatic hydroxyl groups is 1. The lowest BCUT2D eigenvalue weighted by molar-refractivity contribution is 0.0342. The van der Waals surface area contributed by atoms with Crippen LogP contribution in [-0.2, 0) is 23.1 Å². The van der Waals surface area contributed by atoms with E-state index < -0.39 is 16.7 Å². The van der Waals surface area contributed by atoms with E-state index in [2.05, 4.69) is 38.8 Å². The Bertz CT molecular complexity index is 1220. The number of H-pyrrole nitrogens is 1. The summed E-state index contributed by atoms with van der Waals surface area (Å²) in [5.74, 6) is 5.97. The molecule has 7 nitrogen and oxygen atoms in total. The van der Waals surface area contributed by atoms with Gasteiger partial charge in [0.25, 0.3) is 5.56 Å². The van der Waals surface area contributed by atoms with Crippen molar-refractivity contribution in [2.75, 3.05) is 32.9 Å². The molecule has 3 aromatic rings. The van der Waals surface area contributed by atoms with E-state index in [-0.39, 0.29) is 18.7 Å². The molecule has 2 aromatic carbocycles. The number of nitrogens with one attached hydrogen (secondary N) is 1. The van der Waals surface area contributed by atoms with Crippen LogP contribution in [0.25, 0.3) is 0 Å². The highest BCUT2D eigenvalue weighted by Crippen LogP contribution is 2.29. The number of aromatic nitrogens is 2. The summed E-state index contributed by atoms with van der Waals surface area (Å²) in [6, 6.07) is 16.0. The molecule has 0 radical (unpaired) electrons. The van der Waals surface area contributed by atoms with Gasteiger partial charge >= 0.3 is 0 Å². The summed E-state index contributed by atoms with van der Waals surface area (Å²) < 4.78 is 5.40. The van der Waals surface area contributed by atoms with Gasteiger partial charge in [-0.25, -0.2) is 4.98 Å². The molecular weight excluding hydrogens is 430 g/mol. The maximum absolute atomic E-state index is 11.7. The standard InChI is InChI=1S/C27H29N3O4/c1-27(18-31,16-24-25(32)26(33)29-19-28-24)23-10-8-21(9-11-23)3-2-20-4-6-22(7-5-20)17-30-12-14-34-15-13-30/h4-11,19,31-32H,12-18H2,1H3,(H,28,29,33). The molecule has 1 aromatic heterocycles. The van der Waals surface area contributed by atoms with Crippen molar-refractivity contribution in [3.05, 3.63) is 93.2 Å². The zero-order chi connectivity index (χ0) is 24.0. The lowest BCUT2D eigenvalue weighted by Crippen LogP contribution is -2.35. The number of morpholine rings is 1. The number of aromatic amines is 1. The largest absolute Gasteiger partial charge is 0.502 e. The zero-order valence-electron chi connectivity index (χ0n) is 19.3. The molecule has 2 heterocycles. The molecule has 1 atom stereocenters. The average Bonchev–Trinajstić information content (AvgIpc) is 2.87. The lowest BCUT2D eigenvalue weighted by Gasteiger charge is -2.27. The number of hydrogen-bond acceptors (Lipinski definition) is 6. The van der Waals surface area contributed by atoms with Crippen molar-refractivity contribution in [1.82, 2.24) is 14.9 Å². The highest BCUT2D eigenvalue weighted by atomic mass is 16.5. The van der Waals surface area contributed by atoms with Crippen molar-refractivity contribution >= 4 is 0 Å². The minimum absolute atomic E-state index is 0.164. The van der Waals surface area contributed by atoms with Crippen LogP contribution in [0.3, 0.4) is 0 Å². The topological polar surface area (TPSA) is 98.7 Å². The first kappa shape index (κ1) is 23.7. The van der Waals surface area contributed by atoms with E-state index >= 15 is 0 Å². The van der Waals surface area contributed by atoms with E-state index in [1.54, 1.807) is 0 Å². The molecule has 1 unspecified atom stereocenters. The number of rotatable bonds is 6. The van der Waals surface area contributed by atoms with E-state index in [4.69, 9.17) is 4.74 Å². The summed E-state index contributed by atoms with van der Waals surface area (Å²) in [4.78, 5) is 20.5. The van der Waals surface area contributed by atoms with Crippen LogP contribution in [0.15, 0.2) is 59.7 Å². The molecule has 0 aliphatic carbocycles. The number of ether oxygens (including phenoxy) is 1. The molecule has 0 spiro atoms. The SMILES string of the molecule is CC(CO)(Cc1nc[nH]c(=O)c1O)c1ccc(C#Cc2ccc(CN3CCOCC3)cc2)cc1. The van der Waals surface area contributed by atoms with Crippen molar-refractivity contribution in [3.63, 3.8) is 0 Å². The fourth-order valence-corrected chi connectivity index (χ4v) is 3.99. The average molecular weight is 460 g/mol. The third-order valence-corrected chi connectivity index (χ3v) is 6.21. The molecule has 1 aliphatic heterocycles. The van der Waals surface area contributed by atoms with E-state index in [0.29, 0.717) is 0 Å². The predicted octanol–water partition coefficient (Wildman–Crippen LogP) is 2.20. The Hall–Kier alpha value is -3.44. The van der Waals surface area contributed by atoms with Crippen LogP contribution in [0, 0.1) is 11.8 Å². The lowest BCUT2D eigenvalue weighted by atomic mass is 9.79. The second kappa shape index (κ2) is 10.7. The number of hydrogen-bond donors (Lipinski definition) is 3. The molecule has 1 fully saturated rings. The maximum atomic E-state index is 11.7. The first-order chi connectivity index (χ1) is 16.5. The van der Waals surface area contributed by atoms with Crippen molar-refractivity contribution in [2.45, 2.75) is 25.3 Å². The van der Waals surface area contributed by atoms with Crippen molar-refractivity contribution in [2.24, 2.45) is 0 Å². The Kier molecular flexibility index (Phi) is 7.43. The van der Waals surface area contributed by atoms with E-state index in [1.165, 1.54) is 11.9 Å². The number of aliphatic hydroxyl groups excluding tert-OH is 1. The smallest absolute Gasteiger partial charge is 0.293 e. The highest BCUT2D eigenvalue weighted by Gasteiger charge is 2.28. The van der Waals surface area contributed by atoms with E-state index in [1.807, 2.05) is 43.3 Å². The monoisotopic (exact) mass is 459 g/mol. The normalized spacial score (nSPS) is 15.8. The molecule has 3 N–H and O–H groups in total. The molecule has 1 saturated heterocycles. The second-order valence-corrected chi connectivity index (χ2v) is 8.84. The van der Waals surface area contributed by atoms with Crippen LogP contribution in [-0.4, -0.2) is 58.0 Å². The molecular formula is C27H29N3O4. The van der Waals surface area contributed by atoms with Crippen LogP contribution >= 0.6 is 0 Å². The Morgan fingerprint density at radius 3 is 2.29 bits per heavy atom. The molecule has 0 amide bonds. The van der Waals surface area contributed by atoms with Crippen molar-refractivity contribution in [1.29, 1.82) is 0 Å². The highest BCUT2D eigenvalue weighted by molar-refractivity contribution is 5.45. The number of nitrogens with zero attached hydrogens (tertiary/aromatic N) is 2. The third-order valence-electron chi connectivity index (χ3n) is 6.21. The quantitative estimate of drug-likeness (QED) is 0.489. The summed E-state index contributed by atoms with van der Waals surface area (Å²) in [5, 5.41) is 20.1. The van der Waals surface area contributed by atoms with Gasteiger partial charge in [0.2, 0.25) is 5.75 Å². The Labute approximate surface area is 199 Å². The summed E-state index contributed by atoms with van der Waals surface area (Å²) in [6.07, 6.45) is 1.48. The van der Waals surface area contributed by atoms with E-state index in [9.17, 15) is 15.0 Å². The van der Waals surface area contributed by atoms with Crippen LogP contribution < -0.4 is 5.56 Å². The van der Waals surface area contributed by atoms with Crippen LogP contribution in [0.5, 0.6) is 5.75 Å². The number of benzene rings is 2.